The molecule has 7 heteroatoms. The summed E-state index contributed by atoms with van der Waals surface area (Å²) in [6.07, 6.45) is 3.12. The second-order valence-electron chi connectivity index (χ2n) is 7.24. The second-order valence-corrected chi connectivity index (χ2v) is 8.89. The second kappa shape index (κ2) is 7.38. The number of carbonyl (C=O) groups excluding carboxylic acids is 1. The zero-order valence-electron chi connectivity index (χ0n) is 16.4. The van der Waals surface area contributed by atoms with Gasteiger partial charge in [-0.05, 0) is 63.3 Å². The summed E-state index contributed by atoms with van der Waals surface area (Å²) in [4.78, 5) is 14.8. The first-order valence-corrected chi connectivity index (χ1v) is 10.8. The molecule has 1 amide bonds. The summed E-state index contributed by atoms with van der Waals surface area (Å²) < 4.78 is 30.4. The van der Waals surface area contributed by atoms with Gasteiger partial charge in [0.25, 0.3) is 15.9 Å². The third kappa shape index (κ3) is 3.74. The molecule has 2 heterocycles. The number of piperidine rings is 1. The van der Waals surface area contributed by atoms with Crippen molar-refractivity contribution in [2.24, 2.45) is 7.05 Å². The van der Waals surface area contributed by atoms with Gasteiger partial charge in [0.15, 0.2) is 0 Å². The predicted octanol–water partition coefficient (Wildman–Crippen LogP) is 3.38. The summed E-state index contributed by atoms with van der Waals surface area (Å²) in [7, 11) is -2.05. The van der Waals surface area contributed by atoms with Gasteiger partial charge in [-0.15, -0.1) is 0 Å². The van der Waals surface area contributed by atoms with Crippen LogP contribution in [-0.4, -0.2) is 36.9 Å². The molecule has 6 nitrogen and oxygen atoms in total. The van der Waals surface area contributed by atoms with Gasteiger partial charge in [0.2, 0.25) is 0 Å². The molecule has 0 aliphatic carbocycles. The quantitative estimate of drug-likeness (QED) is 0.871. The number of likely N-dealkylation sites (tertiary alicyclic amines) is 1. The summed E-state index contributed by atoms with van der Waals surface area (Å²) >= 11 is 0. The molecular weight excluding hydrogens is 362 g/mol. The molecule has 27 heavy (non-hydrogen) atoms. The predicted molar refractivity (Wildman–Crippen MR) is 107 cm³/mol. The maximum atomic E-state index is 13.0. The molecule has 1 aromatic heterocycles. The Balaban J connectivity index is 1.94. The van der Waals surface area contributed by atoms with E-state index in [1.165, 1.54) is 6.07 Å². The van der Waals surface area contributed by atoms with E-state index < -0.39 is 10.0 Å². The van der Waals surface area contributed by atoms with E-state index in [9.17, 15) is 13.2 Å². The molecule has 0 unspecified atom stereocenters. The van der Waals surface area contributed by atoms with Gasteiger partial charge in [-0.25, -0.2) is 8.42 Å². The molecule has 146 valence electrons. The Bertz CT molecular complexity index is 971. The van der Waals surface area contributed by atoms with Crippen LogP contribution in [0.25, 0.3) is 0 Å². The van der Waals surface area contributed by atoms with Gasteiger partial charge in [-0.1, -0.05) is 12.1 Å². The van der Waals surface area contributed by atoms with Crippen LogP contribution in [0.1, 0.15) is 46.6 Å². The average molecular weight is 390 g/mol. The molecule has 0 atom stereocenters. The highest BCUT2D eigenvalue weighted by Crippen LogP contribution is 2.26. The number of hydrogen-bond acceptors (Lipinski definition) is 3. The zero-order chi connectivity index (χ0) is 19.8. The lowest BCUT2D eigenvalue weighted by atomic mass is 10.1. The Morgan fingerprint density at radius 2 is 1.74 bits per heavy atom. The standard InChI is InChI=1S/C20H27N3O3S/c1-14-9-8-10-17(15(14)2)21-27(25,26)19-13-18(22(4)16(19)3)20(24)23-11-6-5-7-12-23/h8-10,13,21H,5-7,11-12H2,1-4H3. The number of carbonyl (C=O) groups is 1. The highest BCUT2D eigenvalue weighted by molar-refractivity contribution is 7.92. The first-order chi connectivity index (χ1) is 12.7. The molecule has 0 bridgehead atoms. The fourth-order valence-electron chi connectivity index (χ4n) is 3.47. The molecule has 1 aromatic carbocycles. The SMILES string of the molecule is Cc1cccc(NS(=O)(=O)c2cc(C(=O)N3CCCCC3)n(C)c2C)c1C. The van der Waals surface area contributed by atoms with Gasteiger partial charge < -0.3 is 9.47 Å². The molecule has 1 fully saturated rings. The van der Waals surface area contributed by atoms with Crippen LogP contribution in [0, 0.1) is 20.8 Å². The van der Waals surface area contributed by atoms with E-state index in [0.29, 0.717) is 17.1 Å². The minimum Gasteiger partial charge on any atom is -0.343 e. The van der Waals surface area contributed by atoms with E-state index in [4.69, 9.17) is 0 Å². The Morgan fingerprint density at radius 3 is 2.41 bits per heavy atom. The van der Waals surface area contributed by atoms with E-state index in [0.717, 1.165) is 43.5 Å². The summed E-state index contributed by atoms with van der Waals surface area (Å²) in [6, 6.07) is 7.01. The number of anilines is 1. The van der Waals surface area contributed by atoms with Crippen LogP contribution in [0.2, 0.25) is 0 Å². The Hall–Kier alpha value is -2.28. The van der Waals surface area contributed by atoms with Crippen molar-refractivity contribution in [3.8, 4) is 0 Å². The molecule has 1 N–H and O–H groups in total. The Labute approximate surface area is 161 Å². The summed E-state index contributed by atoms with van der Waals surface area (Å²) in [6.45, 7) is 7.01. The van der Waals surface area contributed by atoms with Crippen LogP contribution < -0.4 is 4.72 Å². The van der Waals surface area contributed by atoms with Crippen molar-refractivity contribution in [1.29, 1.82) is 0 Å². The lowest BCUT2D eigenvalue weighted by Gasteiger charge is -2.26. The number of benzene rings is 1. The van der Waals surface area contributed by atoms with Crippen molar-refractivity contribution in [2.45, 2.75) is 44.9 Å². The van der Waals surface area contributed by atoms with Gasteiger partial charge in [-0.3, -0.25) is 9.52 Å². The number of hydrogen-bond donors (Lipinski definition) is 1. The van der Waals surface area contributed by atoms with Crippen molar-refractivity contribution in [1.82, 2.24) is 9.47 Å². The zero-order valence-corrected chi connectivity index (χ0v) is 17.2. The number of aromatic nitrogens is 1. The van der Waals surface area contributed by atoms with Crippen LogP contribution in [-0.2, 0) is 17.1 Å². The number of amides is 1. The number of rotatable bonds is 4. The third-order valence-corrected chi connectivity index (χ3v) is 6.97. The number of sulfonamides is 1. The minimum atomic E-state index is -3.79. The molecule has 1 aliphatic rings. The fourth-order valence-corrected chi connectivity index (χ4v) is 4.88. The van der Waals surface area contributed by atoms with Gasteiger partial charge in [0, 0.05) is 25.8 Å². The van der Waals surface area contributed by atoms with E-state index in [2.05, 4.69) is 4.72 Å². The van der Waals surface area contributed by atoms with Crippen molar-refractivity contribution < 1.29 is 13.2 Å². The largest absolute Gasteiger partial charge is 0.343 e. The van der Waals surface area contributed by atoms with Crippen molar-refractivity contribution in [3.05, 3.63) is 46.8 Å². The molecular formula is C20H27N3O3S. The van der Waals surface area contributed by atoms with Crippen LogP contribution in [0.5, 0.6) is 0 Å². The molecule has 3 rings (SSSR count). The molecule has 0 spiro atoms. The lowest BCUT2D eigenvalue weighted by Crippen LogP contribution is -2.36. The van der Waals surface area contributed by atoms with E-state index in [-0.39, 0.29) is 10.8 Å². The smallest absolute Gasteiger partial charge is 0.270 e. The molecule has 0 radical (unpaired) electrons. The molecule has 1 saturated heterocycles. The monoisotopic (exact) mass is 389 g/mol. The maximum absolute atomic E-state index is 13.0. The van der Waals surface area contributed by atoms with Gasteiger partial charge >= 0.3 is 0 Å². The van der Waals surface area contributed by atoms with Gasteiger partial charge in [-0.2, -0.15) is 0 Å². The molecule has 2 aromatic rings. The van der Waals surface area contributed by atoms with E-state index in [1.54, 1.807) is 24.6 Å². The van der Waals surface area contributed by atoms with E-state index >= 15 is 0 Å². The normalized spacial score (nSPS) is 15.0. The van der Waals surface area contributed by atoms with Crippen LogP contribution in [0.3, 0.4) is 0 Å². The topological polar surface area (TPSA) is 71.4 Å². The van der Waals surface area contributed by atoms with Crippen LogP contribution in [0.15, 0.2) is 29.2 Å². The van der Waals surface area contributed by atoms with Gasteiger partial charge in [0.1, 0.15) is 10.6 Å². The van der Waals surface area contributed by atoms with Crippen molar-refractivity contribution in [2.75, 3.05) is 17.8 Å². The highest BCUT2D eigenvalue weighted by atomic mass is 32.2. The third-order valence-electron chi connectivity index (χ3n) is 5.49. The Morgan fingerprint density at radius 1 is 1.07 bits per heavy atom. The van der Waals surface area contributed by atoms with Crippen molar-refractivity contribution in [3.63, 3.8) is 0 Å². The summed E-state index contributed by atoms with van der Waals surface area (Å²) in [5.41, 5.74) is 3.42. The number of aryl methyl sites for hydroxylation is 1. The van der Waals surface area contributed by atoms with E-state index in [1.807, 2.05) is 30.9 Å². The van der Waals surface area contributed by atoms with Crippen LogP contribution in [0.4, 0.5) is 5.69 Å². The minimum absolute atomic E-state index is 0.103. The maximum Gasteiger partial charge on any atom is 0.270 e. The average Bonchev–Trinajstić information content (AvgIpc) is 2.95. The van der Waals surface area contributed by atoms with Gasteiger partial charge in [0.05, 0.1) is 5.69 Å². The lowest BCUT2D eigenvalue weighted by molar-refractivity contribution is 0.0714. The van der Waals surface area contributed by atoms with Crippen LogP contribution >= 0.6 is 0 Å². The number of nitrogens with one attached hydrogen (secondary N) is 1. The molecule has 0 saturated carbocycles. The van der Waals surface area contributed by atoms with Crippen molar-refractivity contribution >= 4 is 21.6 Å². The number of nitrogens with zero attached hydrogens (tertiary/aromatic N) is 2. The fraction of sp³-hybridized carbons (Fsp3) is 0.450. The first kappa shape index (κ1) is 19.5. The Kier molecular flexibility index (Phi) is 5.33. The highest BCUT2D eigenvalue weighted by Gasteiger charge is 2.27. The molecule has 1 aliphatic heterocycles. The summed E-state index contributed by atoms with van der Waals surface area (Å²) in [5.74, 6) is -0.103. The summed E-state index contributed by atoms with van der Waals surface area (Å²) in [5, 5.41) is 0. The first-order valence-electron chi connectivity index (χ1n) is 9.27.